The Hall–Kier alpha value is -0.860. The number of benzene rings is 1. The van der Waals surface area contributed by atoms with E-state index in [1.54, 1.807) is 0 Å². The predicted molar refractivity (Wildman–Crippen MR) is 82.5 cm³/mol. The van der Waals surface area contributed by atoms with E-state index < -0.39 is 0 Å². The monoisotopic (exact) mass is 260 g/mol. The maximum Gasteiger partial charge on any atom is 0.0104 e. The van der Waals surface area contributed by atoms with Crippen LogP contribution in [0.4, 0.5) is 0 Å². The van der Waals surface area contributed by atoms with Crippen LogP contribution >= 0.6 is 0 Å². The highest BCUT2D eigenvalue weighted by Gasteiger charge is 2.12. The zero-order valence-corrected chi connectivity index (χ0v) is 12.3. The van der Waals surface area contributed by atoms with Crippen molar-refractivity contribution in [2.24, 2.45) is 0 Å². The van der Waals surface area contributed by atoms with Crippen LogP contribution in [0, 0.1) is 0 Å². The molecule has 106 valence electrons. The fraction of sp³-hybridized carbons (Fsp3) is 0.647. The average Bonchev–Trinajstić information content (AvgIpc) is 2.47. The second-order valence-corrected chi connectivity index (χ2v) is 5.83. The van der Waals surface area contributed by atoms with Crippen molar-refractivity contribution >= 4 is 0 Å². The molecular formula is C17H28N2. The van der Waals surface area contributed by atoms with Gasteiger partial charge >= 0.3 is 0 Å². The second kappa shape index (κ2) is 8.34. The molecule has 0 amide bonds. The van der Waals surface area contributed by atoms with Gasteiger partial charge in [0.25, 0.3) is 0 Å². The van der Waals surface area contributed by atoms with Gasteiger partial charge in [0.05, 0.1) is 0 Å². The lowest BCUT2D eigenvalue weighted by Gasteiger charge is -2.24. The van der Waals surface area contributed by atoms with Gasteiger partial charge in [-0.15, -0.1) is 0 Å². The van der Waals surface area contributed by atoms with Crippen molar-refractivity contribution in [2.45, 2.75) is 44.6 Å². The van der Waals surface area contributed by atoms with Gasteiger partial charge in [-0.25, -0.2) is 0 Å². The Bertz CT molecular complexity index is 330. The molecule has 1 fully saturated rings. The minimum absolute atomic E-state index is 0.788. The molecule has 0 heterocycles. The van der Waals surface area contributed by atoms with E-state index in [1.165, 1.54) is 37.7 Å². The molecule has 0 bridgehead atoms. The van der Waals surface area contributed by atoms with Crippen LogP contribution in [0.5, 0.6) is 0 Å². The van der Waals surface area contributed by atoms with Crippen molar-refractivity contribution in [3.8, 4) is 0 Å². The summed E-state index contributed by atoms with van der Waals surface area (Å²) in [7, 11) is 2.23. The molecule has 0 atom stereocenters. The summed E-state index contributed by atoms with van der Waals surface area (Å²) in [6.45, 7) is 3.44. The maximum absolute atomic E-state index is 3.71. The van der Waals surface area contributed by atoms with E-state index in [9.17, 15) is 0 Å². The van der Waals surface area contributed by atoms with Crippen LogP contribution in [0.3, 0.4) is 0 Å². The lowest BCUT2D eigenvalue weighted by molar-refractivity contribution is 0.308. The van der Waals surface area contributed by atoms with Gasteiger partial charge in [0.2, 0.25) is 0 Å². The van der Waals surface area contributed by atoms with Crippen LogP contribution < -0.4 is 5.32 Å². The smallest absolute Gasteiger partial charge is 0.0104 e. The summed E-state index contributed by atoms with van der Waals surface area (Å²) in [6, 6.07) is 11.6. The molecule has 0 saturated heterocycles. The fourth-order valence-electron chi connectivity index (χ4n) is 2.84. The molecule has 0 unspecified atom stereocenters. The van der Waals surface area contributed by atoms with E-state index in [1.807, 2.05) is 0 Å². The van der Waals surface area contributed by atoms with Gasteiger partial charge in [-0.05, 0) is 31.9 Å². The minimum Gasteiger partial charge on any atom is -0.313 e. The van der Waals surface area contributed by atoms with Gasteiger partial charge in [0.15, 0.2) is 0 Å². The van der Waals surface area contributed by atoms with Crippen LogP contribution in [0.2, 0.25) is 0 Å². The van der Waals surface area contributed by atoms with Crippen molar-refractivity contribution in [3.63, 3.8) is 0 Å². The van der Waals surface area contributed by atoms with Crippen molar-refractivity contribution < 1.29 is 0 Å². The van der Waals surface area contributed by atoms with E-state index in [0.29, 0.717) is 0 Å². The first-order chi connectivity index (χ1) is 9.34. The third kappa shape index (κ3) is 5.75. The van der Waals surface area contributed by atoms with Gasteiger partial charge in [-0.3, -0.25) is 0 Å². The number of likely N-dealkylation sites (N-methyl/N-ethyl adjacent to an activating group) is 1. The molecule has 1 aliphatic carbocycles. The summed E-state index contributed by atoms with van der Waals surface area (Å²) < 4.78 is 0. The van der Waals surface area contributed by atoms with Gasteiger partial charge in [0, 0.05) is 25.7 Å². The van der Waals surface area contributed by atoms with Crippen LogP contribution in [0.1, 0.15) is 37.7 Å². The first-order valence-corrected chi connectivity index (χ1v) is 7.80. The number of hydrogen-bond donors (Lipinski definition) is 1. The van der Waals surface area contributed by atoms with Gasteiger partial charge in [-0.2, -0.15) is 0 Å². The van der Waals surface area contributed by atoms with E-state index >= 15 is 0 Å². The normalized spacial score (nSPS) is 16.9. The molecule has 1 aliphatic rings. The highest BCUT2D eigenvalue weighted by molar-refractivity contribution is 5.14. The topological polar surface area (TPSA) is 15.3 Å². The molecule has 0 aliphatic heterocycles. The summed E-state index contributed by atoms with van der Waals surface area (Å²) in [4.78, 5) is 2.43. The standard InChI is InChI=1S/C17H28N2/c1-19(14-12-16-8-4-2-5-9-16)15-13-18-17-10-6-3-7-11-17/h2,4-5,8-9,17-18H,3,6-7,10-15H2,1H3. The van der Waals surface area contributed by atoms with Crippen molar-refractivity contribution in [3.05, 3.63) is 35.9 Å². The quantitative estimate of drug-likeness (QED) is 0.810. The number of nitrogens with zero attached hydrogens (tertiary/aromatic N) is 1. The summed E-state index contributed by atoms with van der Waals surface area (Å²) in [5.74, 6) is 0. The zero-order valence-electron chi connectivity index (χ0n) is 12.3. The van der Waals surface area contributed by atoms with Crippen LogP contribution in [0.15, 0.2) is 30.3 Å². The second-order valence-electron chi connectivity index (χ2n) is 5.83. The highest BCUT2D eigenvalue weighted by Crippen LogP contribution is 2.16. The molecule has 0 aromatic heterocycles. The Labute approximate surface area is 118 Å². The summed E-state index contributed by atoms with van der Waals surface area (Å²) in [5, 5.41) is 3.71. The summed E-state index contributed by atoms with van der Waals surface area (Å²) >= 11 is 0. The largest absolute Gasteiger partial charge is 0.313 e. The van der Waals surface area contributed by atoms with E-state index in [4.69, 9.17) is 0 Å². The molecule has 0 spiro atoms. The molecule has 1 N–H and O–H groups in total. The Morgan fingerprint density at radius 2 is 1.79 bits per heavy atom. The molecule has 1 aromatic carbocycles. The number of nitrogens with one attached hydrogen (secondary N) is 1. The summed E-state index contributed by atoms with van der Waals surface area (Å²) in [5.41, 5.74) is 1.44. The first kappa shape index (κ1) is 14.5. The van der Waals surface area contributed by atoms with Gasteiger partial charge < -0.3 is 10.2 Å². The lowest BCUT2D eigenvalue weighted by Crippen LogP contribution is -2.37. The van der Waals surface area contributed by atoms with Crippen molar-refractivity contribution in [1.82, 2.24) is 10.2 Å². The highest BCUT2D eigenvalue weighted by atomic mass is 15.1. The lowest BCUT2D eigenvalue weighted by atomic mass is 9.95. The molecule has 0 radical (unpaired) electrons. The third-order valence-corrected chi connectivity index (χ3v) is 4.16. The SMILES string of the molecule is CN(CCNC1CCCCC1)CCc1ccccc1. The van der Waals surface area contributed by atoms with Crippen LogP contribution in [-0.4, -0.2) is 37.6 Å². The fourth-order valence-corrected chi connectivity index (χ4v) is 2.84. The maximum atomic E-state index is 3.71. The van der Waals surface area contributed by atoms with E-state index in [2.05, 4.69) is 47.6 Å². The number of rotatable bonds is 7. The van der Waals surface area contributed by atoms with Crippen LogP contribution in [-0.2, 0) is 6.42 Å². The molecule has 1 saturated carbocycles. The Kier molecular flexibility index (Phi) is 6.38. The molecule has 19 heavy (non-hydrogen) atoms. The third-order valence-electron chi connectivity index (χ3n) is 4.16. The van der Waals surface area contributed by atoms with Gasteiger partial charge in [-0.1, -0.05) is 49.6 Å². The first-order valence-electron chi connectivity index (χ1n) is 7.80. The molecular weight excluding hydrogens is 232 g/mol. The molecule has 2 heteroatoms. The Balaban J connectivity index is 1.55. The summed E-state index contributed by atoms with van der Waals surface area (Å²) in [6.07, 6.45) is 8.19. The van der Waals surface area contributed by atoms with Crippen molar-refractivity contribution in [1.29, 1.82) is 0 Å². The Morgan fingerprint density at radius 1 is 1.05 bits per heavy atom. The van der Waals surface area contributed by atoms with E-state index in [0.717, 1.165) is 32.1 Å². The van der Waals surface area contributed by atoms with Crippen molar-refractivity contribution in [2.75, 3.05) is 26.7 Å². The Morgan fingerprint density at radius 3 is 2.53 bits per heavy atom. The number of hydrogen-bond acceptors (Lipinski definition) is 2. The van der Waals surface area contributed by atoms with Gasteiger partial charge in [0.1, 0.15) is 0 Å². The minimum atomic E-state index is 0.788. The average molecular weight is 260 g/mol. The molecule has 1 aromatic rings. The molecule has 2 rings (SSSR count). The zero-order chi connectivity index (χ0) is 13.3. The van der Waals surface area contributed by atoms with E-state index in [-0.39, 0.29) is 0 Å². The van der Waals surface area contributed by atoms with Crippen LogP contribution in [0.25, 0.3) is 0 Å². The predicted octanol–water partition coefficient (Wildman–Crippen LogP) is 3.08. The molecule has 2 nitrogen and oxygen atoms in total.